The maximum Gasteiger partial charge on any atom is 0.338 e. The number of carboxylic acid groups (broad SMARTS) is 2. The van der Waals surface area contributed by atoms with Gasteiger partial charge in [-0.05, 0) is 11.9 Å². The lowest BCUT2D eigenvalue weighted by Gasteiger charge is -2.21. The minimum absolute atomic E-state index is 0.000846. The molecule has 0 saturated carbocycles. The van der Waals surface area contributed by atoms with Crippen LogP contribution < -0.4 is 11.2 Å². The third kappa shape index (κ3) is 5.01. The Morgan fingerprint density at radius 1 is 1.21 bits per heavy atom. The highest BCUT2D eigenvalue weighted by molar-refractivity contribution is 7.97. The van der Waals surface area contributed by atoms with Crippen molar-refractivity contribution in [2.45, 2.75) is 32.0 Å². The molecule has 28 heavy (non-hydrogen) atoms. The average Bonchev–Trinajstić information content (AvgIpc) is 2.89. The summed E-state index contributed by atoms with van der Waals surface area (Å²) in [4.78, 5) is 60.0. The quantitative estimate of drug-likeness (QED) is 0.485. The number of rotatable bonds is 8. The van der Waals surface area contributed by atoms with Crippen molar-refractivity contribution >= 4 is 29.9 Å². The minimum atomic E-state index is -1.20. The fraction of sp³-hybridized carbons (Fsp3) is 0.562. The van der Waals surface area contributed by atoms with E-state index >= 15 is 0 Å². The predicted octanol–water partition coefficient (Wildman–Crippen LogP) is -0.152. The molecule has 154 valence electrons. The summed E-state index contributed by atoms with van der Waals surface area (Å²) in [7, 11) is 0. The molecule has 11 nitrogen and oxygen atoms in total. The van der Waals surface area contributed by atoms with Crippen LogP contribution in [-0.2, 0) is 23.9 Å². The molecule has 12 heteroatoms. The molecule has 2 rings (SSSR count). The molecule has 1 aromatic rings. The van der Waals surface area contributed by atoms with Gasteiger partial charge in [-0.25, -0.2) is 8.77 Å². The van der Waals surface area contributed by atoms with Gasteiger partial charge in [0.1, 0.15) is 6.61 Å². The molecule has 0 amide bonds. The lowest BCUT2D eigenvalue weighted by atomic mass is 9.81. The molecule has 1 aliphatic rings. The molecule has 0 aromatic carbocycles. The number of ether oxygens (including phenoxy) is 2. The fourth-order valence-electron chi connectivity index (χ4n) is 3.31. The minimum Gasteiger partial charge on any atom is -0.481 e. The van der Waals surface area contributed by atoms with Crippen molar-refractivity contribution in [2.24, 2.45) is 11.8 Å². The maximum absolute atomic E-state index is 12.3. The number of aliphatic carboxylic acids is 2. The number of esters is 1. The molecule has 1 saturated heterocycles. The van der Waals surface area contributed by atoms with Gasteiger partial charge in [0, 0.05) is 31.2 Å². The van der Waals surface area contributed by atoms with Gasteiger partial charge < -0.3 is 19.7 Å². The van der Waals surface area contributed by atoms with E-state index in [0.29, 0.717) is 0 Å². The van der Waals surface area contributed by atoms with Crippen molar-refractivity contribution in [1.82, 2.24) is 8.96 Å². The van der Waals surface area contributed by atoms with E-state index < -0.39 is 66.0 Å². The molecule has 0 bridgehead atoms. The summed E-state index contributed by atoms with van der Waals surface area (Å²) >= 11 is 1.02. The Hall–Kier alpha value is -2.60. The van der Waals surface area contributed by atoms with Crippen LogP contribution >= 0.6 is 11.9 Å². The number of hydrogen-bond donors (Lipinski definition) is 3. The highest BCUT2D eigenvalue weighted by Crippen LogP contribution is 2.45. The van der Waals surface area contributed by atoms with Crippen molar-refractivity contribution in [3.63, 3.8) is 0 Å². The highest BCUT2D eigenvalue weighted by atomic mass is 32.2. The summed E-state index contributed by atoms with van der Waals surface area (Å²) in [6, 6.07) is 0. The van der Waals surface area contributed by atoms with Crippen LogP contribution in [0.25, 0.3) is 0 Å². The summed E-state index contributed by atoms with van der Waals surface area (Å²) in [6.07, 6.45) is -0.0357. The van der Waals surface area contributed by atoms with E-state index in [2.05, 4.69) is 4.98 Å². The van der Waals surface area contributed by atoms with E-state index in [4.69, 9.17) is 9.47 Å². The Morgan fingerprint density at radius 3 is 2.36 bits per heavy atom. The number of aromatic nitrogens is 2. The molecular formula is C16H20N2O9S. The maximum atomic E-state index is 12.3. The molecule has 3 N–H and O–H groups in total. The van der Waals surface area contributed by atoms with Crippen LogP contribution in [0.15, 0.2) is 15.8 Å². The van der Waals surface area contributed by atoms with Gasteiger partial charge in [-0.2, -0.15) is 0 Å². The second-order valence-electron chi connectivity index (χ2n) is 6.27. The molecule has 0 aliphatic carbocycles. The van der Waals surface area contributed by atoms with E-state index in [1.807, 2.05) is 0 Å². The summed E-state index contributed by atoms with van der Waals surface area (Å²) in [5.41, 5.74) is -1.41. The van der Waals surface area contributed by atoms with Gasteiger partial charge in [-0.3, -0.25) is 24.2 Å². The second-order valence-corrected chi connectivity index (χ2v) is 7.03. The lowest BCUT2D eigenvalue weighted by Crippen LogP contribution is -2.32. The largest absolute Gasteiger partial charge is 0.481 e. The SMILES string of the molecule is CSn1cc([C@H]2O[C@@H](COC(C)=O)[C@H](CC(=O)O)[C@@H]2CC(=O)O)c(=O)[nH]c1=O. The zero-order chi connectivity index (χ0) is 21.0. The Morgan fingerprint density at radius 2 is 1.82 bits per heavy atom. The molecule has 2 heterocycles. The number of carboxylic acids is 2. The van der Waals surface area contributed by atoms with Crippen molar-refractivity contribution in [3.8, 4) is 0 Å². The van der Waals surface area contributed by atoms with E-state index in [-0.39, 0.29) is 12.2 Å². The van der Waals surface area contributed by atoms with Gasteiger partial charge in [0.15, 0.2) is 0 Å². The first-order valence-electron chi connectivity index (χ1n) is 8.26. The molecule has 1 fully saturated rings. The standard InChI is InChI=1S/C16H20N2O9S/c1-7(19)26-6-11-8(3-12(20)21)9(4-13(22)23)14(27-11)10-5-18(28-2)16(25)17-15(10)24/h5,8-9,11,14H,3-4,6H2,1-2H3,(H,20,21)(H,22,23)(H,17,24,25)/t8-,9+,11+,14+/m1/s1. The zero-order valence-electron chi connectivity index (χ0n) is 15.1. The zero-order valence-corrected chi connectivity index (χ0v) is 15.9. The van der Waals surface area contributed by atoms with Crippen molar-refractivity contribution in [1.29, 1.82) is 0 Å². The molecule has 0 radical (unpaired) electrons. The second kappa shape index (κ2) is 9.06. The smallest absolute Gasteiger partial charge is 0.338 e. The molecular weight excluding hydrogens is 396 g/mol. The molecule has 1 aromatic heterocycles. The van der Waals surface area contributed by atoms with Crippen molar-refractivity contribution in [3.05, 3.63) is 32.6 Å². The van der Waals surface area contributed by atoms with Crippen LogP contribution in [0.4, 0.5) is 0 Å². The van der Waals surface area contributed by atoms with Crippen LogP contribution in [0.1, 0.15) is 31.4 Å². The number of carbonyl (C=O) groups excluding carboxylic acids is 1. The number of nitrogens with one attached hydrogen (secondary N) is 1. The summed E-state index contributed by atoms with van der Waals surface area (Å²) < 4.78 is 11.9. The Kier molecular flexibility index (Phi) is 7.02. The van der Waals surface area contributed by atoms with Gasteiger partial charge >= 0.3 is 23.6 Å². The fourth-order valence-corrected chi connectivity index (χ4v) is 3.74. The highest BCUT2D eigenvalue weighted by Gasteiger charge is 2.48. The van der Waals surface area contributed by atoms with E-state index in [9.17, 15) is 34.2 Å². The van der Waals surface area contributed by atoms with Crippen molar-refractivity contribution in [2.75, 3.05) is 12.9 Å². The topological polar surface area (TPSA) is 165 Å². The monoisotopic (exact) mass is 416 g/mol. The number of H-pyrrole nitrogens is 1. The summed E-state index contributed by atoms with van der Waals surface area (Å²) in [5.74, 6) is -4.67. The van der Waals surface area contributed by atoms with Crippen molar-refractivity contribution < 1.29 is 34.1 Å². The summed E-state index contributed by atoms with van der Waals surface area (Å²) in [5, 5.41) is 18.5. The predicted molar refractivity (Wildman–Crippen MR) is 96.0 cm³/mol. The Bertz CT molecular complexity index is 878. The number of aromatic amines is 1. The van der Waals surface area contributed by atoms with Gasteiger partial charge in [0.05, 0.1) is 30.6 Å². The van der Waals surface area contributed by atoms with Crippen LogP contribution in [-0.4, -0.2) is 56.0 Å². The molecule has 1 aliphatic heterocycles. The van der Waals surface area contributed by atoms with Gasteiger partial charge in [-0.1, -0.05) is 0 Å². The summed E-state index contributed by atoms with van der Waals surface area (Å²) in [6.45, 7) is 0.895. The first kappa shape index (κ1) is 21.7. The molecule has 0 spiro atoms. The first-order valence-corrected chi connectivity index (χ1v) is 9.45. The van der Waals surface area contributed by atoms with Gasteiger partial charge in [0.2, 0.25) is 0 Å². The molecule has 0 unspecified atom stereocenters. The van der Waals surface area contributed by atoms with Gasteiger partial charge in [-0.15, -0.1) is 0 Å². The normalized spacial score (nSPS) is 24.1. The number of carbonyl (C=O) groups is 3. The first-order chi connectivity index (χ1) is 13.1. The molecule has 4 atom stereocenters. The third-order valence-corrected chi connectivity index (χ3v) is 5.12. The van der Waals surface area contributed by atoms with E-state index in [1.165, 1.54) is 13.1 Å². The van der Waals surface area contributed by atoms with Crippen LogP contribution in [0.3, 0.4) is 0 Å². The Balaban J connectivity index is 2.49. The van der Waals surface area contributed by atoms with Crippen LogP contribution in [0.2, 0.25) is 0 Å². The van der Waals surface area contributed by atoms with Gasteiger partial charge in [0.25, 0.3) is 5.56 Å². The number of hydrogen-bond acceptors (Lipinski definition) is 8. The Labute approximate surface area is 162 Å². The number of nitrogens with zero attached hydrogens (tertiary/aromatic N) is 1. The van der Waals surface area contributed by atoms with Crippen LogP contribution in [0, 0.1) is 11.8 Å². The third-order valence-electron chi connectivity index (χ3n) is 4.45. The average molecular weight is 416 g/mol. The van der Waals surface area contributed by atoms with E-state index in [0.717, 1.165) is 15.9 Å². The lowest BCUT2D eigenvalue weighted by molar-refractivity contribution is -0.146. The van der Waals surface area contributed by atoms with E-state index in [1.54, 1.807) is 6.26 Å². The van der Waals surface area contributed by atoms with Crippen LogP contribution in [0.5, 0.6) is 0 Å².